The summed E-state index contributed by atoms with van der Waals surface area (Å²) in [4.78, 5) is 71.9. The monoisotopic (exact) mass is 743 g/mol. The Morgan fingerprint density at radius 2 is 0.979 bits per heavy atom. The van der Waals surface area contributed by atoms with Gasteiger partial charge in [-0.05, 0) is 0 Å². The Morgan fingerprint density at radius 1 is 0.583 bits per heavy atom. The van der Waals surface area contributed by atoms with Gasteiger partial charge in [0.2, 0.25) is 35.4 Å². The van der Waals surface area contributed by atoms with E-state index in [4.69, 9.17) is 15.9 Å². The number of thiol groups is 1. The molecule has 0 saturated heterocycles. The highest BCUT2D eigenvalue weighted by atomic mass is 32.2. The molecule has 48 heavy (non-hydrogen) atoms. The first-order chi connectivity index (χ1) is 23.0. The number of nitrogens with zero attached hydrogens (tertiary/aromatic N) is 2. The molecule has 18 heteroatoms. The Balaban J connectivity index is -0.000000760. The molecule has 0 atom stereocenters. The average molecular weight is 744 g/mol. The molecular formula is C30H61N7O8S3. The van der Waals surface area contributed by atoms with Crippen molar-refractivity contribution in [1.29, 1.82) is 0 Å². The van der Waals surface area contributed by atoms with Gasteiger partial charge < -0.3 is 46.4 Å². The SMILES string of the molecule is CCC(=O)NCCN(CCSCCC(=O)NCCO)C(=O)CC.CCC(=O)NCCN(CCSCCC(=O)NS)C(=O)CC.NCCO. The van der Waals surface area contributed by atoms with Crippen molar-refractivity contribution >= 4 is 71.8 Å². The molecule has 0 aromatic rings. The lowest BCUT2D eigenvalue weighted by atomic mass is 10.3. The summed E-state index contributed by atoms with van der Waals surface area (Å²) in [7, 11) is 0. The zero-order chi connectivity index (χ0) is 37.0. The number of hydrogen-bond donors (Lipinski definition) is 8. The minimum Gasteiger partial charge on any atom is -0.395 e. The number of aliphatic hydroxyl groups excluding tert-OH is 2. The summed E-state index contributed by atoms with van der Waals surface area (Å²) in [5.74, 6) is 2.85. The molecule has 0 radical (unpaired) electrons. The van der Waals surface area contributed by atoms with Crippen LogP contribution in [0.1, 0.15) is 66.2 Å². The molecule has 0 aromatic heterocycles. The van der Waals surface area contributed by atoms with Gasteiger partial charge >= 0.3 is 0 Å². The molecule has 15 nitrogen and oxygen atoms in total. The second kappa shape index (κ2) is 37.6. The van der Waals surface area contributed by atoms with Gasteiger partial charge in [0.1, 0.15) is 0 Å². The van der Waals surface area contributed by atoms with Crippen molar-refractivity contribution in [3.8, 4) is 0 Å². The first kappa shape index (κ1) is 50.1. The Morgan fingerprint density at radius 3 is 1.31 bits per heavy atom. The predicted molar refractivity (Wildman–Crippen MR) is 198 cm³/mol. The highest BCUT2D eigenvalue weighted by Crippen LogP contribution is 2.06. The standard InChI is InChI=1S/C15H29N3O4S.C13H25N3O3S2.C2H7NO/c1-3-13(20)16-6-8-18(15(22)4-2)9-12-23-11-5-14(21)17-7-10-19;1-3-11(17)14-6-7-16(13(19)4-2)8-10-21-9-5-12(18)15-20;3-1-2-4/h19H,3-12H2,1-2H3,(H,16,20)(H,17,21);20H,3-10H2,1-2H3,(H,14,17)(H,15,18);4H,1-3H2. The average Bonchev–Trinajstić information content (AvgIpc) is 3.11. The van der Waals surface area contributed by atoms with E-state index in [-0.39, 0.29) is 55.2 Å². The smallest absolute Gasteiger partial charge is 0.230 e. The van der Waals surface area contributed by atoms with E-state index in [2.05, 4.69) is 33.5 Å². The molecule has 0 aliphatic heterocycles. The van der Waals surface area contributed by atoms with E-state index < -0.39 is 0 Å². The molecule has 0 bridgehead atoms. The maximum atomic E-state index is 11.9. The van der Waals surface area contributed by atoms with Crippen molar-refractivity contribution in [3.05, 3.63) is 0 Å². The van der Waals surface area contributed by atoms with E-state index in [0.29, 0.717) is 95.8 Å². The minimum absolute atomic E-state index is 0.00830. The summed E-state index contributed by atoms with van der Waals surface area (Å²) in [5.41, 5.74) is 4.78. The van der Waals surface area contributed by atoms with Crippen molar-refractivity contribution < 1.29 is 39.0 Å². The summed E-state index contributed by atoms with van der Waals surface area (Å²) in [5, 5.41) is 24.5. The zero-order valence-electron chi connectivity index (χ0n) is 29.2. The van der Waals surface area contributed by atoms with Crippen molar-refractivity contribution in [2.45, 2.75) is 66.2 Å². The minimum atomic E-state index is -0.102. The van der Waals surface area contributed by atoms with Crippen LogP contribution >= 0.6 is 36.3 Å². The highest BCUT2D eigenvalue weighted by Gasteiger charge is 2.13. The van der Waals surface area contributed by atoms with Gasteiger partial charge in [0.25, 0.3) is 0 Å². The molecular weight excluding hydrogens is 683 g/mol. The van der Waals surface area contributed by atoms with Crippen LogP contribution < -0.4 is 26.4 Å². The fourth-order valence-corrected chi connectivity index (χ4v) is 5.18. The zero-order valence-corrected chi connectivity index (χ0v) is 31.7. The molecule has 0 heterocycles. The topological polar surface area (TPSA) is 224 Å². The van der Waals surface area contributed by atoms with Gasteiger partial charge in [-0.2, -0.15) is 23.5 Å². The van der Waals surface area contributed by atoms with Gasteiger partial charge in [-0.25, -0.2) is 0 Å². The van der Waals surface area contributed by atoms with Crippen LogP contribution in [0.4, 0.5) is 0 Å². The third kappa shape index (κ3) is 33.6. The van der Waals surface area contributed by atoms with Gasteiger partial charge in [0.15, 0.2) is 0 Å². The molecule has 0 spiro atoms. The summed E-state index contributed by atoms with van der Waals surface area (Å²) < 4.78 is 2.27. The molecule has 0 saturated carbocycles. The Bertz CT molecular complexity index is 874. The Kier molecular flexibility index (Phi) is 39.2. The molecule has 8 N–H and O–H groups in total. The van der Waals surface area contributed by atoms with Gasteiger partial charge in [0.05, 0.1) is 13.2 Å². The van der Waals surface area contributed by atoms with Gasteiger partial charge in [0, 0.05) is 114 Å². The second-order valence-corrected chi connectivity index (χ2v) is 12.4. The fraction of sp³-hybridized carbons (Fsp3) is 0.800. The summed E-state index contributed by atoms with van der Waals surface area (Å²) >= 11 is 6.91. The third-order valence-corrected chi connectivity index (χ3v) is 8.18. The normalized spacial score (nSPS) is 9.92. The first-order valence-electron chi connectivity index (χ1n) is 16.4. The fourth-order valence-electron chi connectivity index (χ4n) is 3.30. The molecule has 0 rings (SSSR count). The summed E-state index contributed by atoms with van der Waals surface area (Å²) in [6.45, 7) is 11.1. The Labute approximate surface area is 300 Å². The summed E-state index contributed by atoms with van der Waals surface area (Å²) in [6.07, 6.45) is 2.60. The number of thioether (sulfide) groups is 2. The highest BCUT2D eigenvalue weighted by molar-refractivity contribution is 7.99. The van der Waals surface area contributed by atoms with E-state index in [9.17, 15) is 28.8 Å². The van der Waals surface area contributed by atoms with Crippen LogP contribution in [0.3, 0.4) is 0 Å². The van der Waals surface area contributed by atoms with Crippen molar-refractivity contribution in [2.75, 3.05) is 88.6 Å². The van der Waals surface area contributed by atoms with Gasteiger partial charge in [-0.3, -0.25) is 28.8 Å². The molecule has 0 aliphatic carbocycles. The second-order valence-electron chi connectivity index (χ2n) is 9.72. The molecule has 0 unspecified atom stereocenters. The number of amides is 6. The number of nitrogens with two attached hydrogens (primary N) is 1. The van der Waals surface area contributed by atoms with E-state index in [0.717, 1.165) is 11.5 Å². The maximum absolute atomic E-state index is 11.9. The number of rotatable bonds is 25. The predicted octanol–water partition coefficient (Wildman–Crippen LogP) is -0.244. The molecule has 0 fully saturated rings. The van der Waals surface area contributed by atoms with Crippen LogP contribution in [0.25, 0.3) is 0 Å². The van der Waals surface area contributed by atoms with Crippen LogP contribution in [0.2, 0.25) is 0 Å². The molecule has 282 valence electrons. The quantitative estimate of drug-likeness (QED) is 0.0450. The lowest BCUT2D eigenvalue weighted by Gasteiger charge is -2.22. The van der Waals surface area contributed by atoms with Crippen molar-refractivity contribution in [1.82, 2.24) is 30.5 Å². The van der Waals surface area contributed by atoms with Crippen LogP contribution in [-0.4, -0.2) is 144 Å². The number of nitrogens with one attached hydrogen (secondary N) is 4. The number of carbonyl (C=O) groups excluding carboxylic acids is 6. The van der Waals surface area contributed by atoms with E-state index >= 15 is 0 Å². The van der Waals surface area contributed by atoms with Crippen LogP contribution in [-0.2, 0) is 28.8 Å². The van der Waals surface area contributed by atoms with Gasteiger partial charge in [-0.1, -0.05) is 40.5 Å². The molecule has 0 aliphatic rings. The molecule has 6 amide bonds. The lowest BCUT2D eigenvalue weighted by molar-refractivity contribution is -0.131. The van der Waals surface area contributed by atoms with E-state index in [1.165, 1.54) is 0 Å². The van der Waals surface area contributed by atoms with Crippen LogP contribution in [0.5, 0.6) is 0 Å². The van der Waals surface area contributed by atoms with E-state index in [1.54, 1.807) is 47.2 Å². The van der Waals surface area contributed by atoms with Crippen LogP contribution in [0, 0.1) is 0 Å². The van der Waals surface area contributed by atoms with Gasteiger partial charge in [-0.15, -0.1) is 0 Å². The first-order valence-corrected chi connectivity index (χ1v) is 19.1. The maximum Gasteiger partial charge on any atom is 0.230 e. The number of carbonyl (C=O) groups is 6. The van der Waals surface area contributed by atoms with Crippen molar-refractivity contribution in [3.63, 3.8) is 0 Å². The lowest BCUT2D eigenvalue weighted by Crippen LogP contribution is -2.39. The third-order valence-electron chi connectivity index (χ3n) is 6.01. The van der Waals surface area contributed by atoms with Crippen LogP contribution in [0.15, 0.2) is 0 Å². The van der Waals surface area contributed by atoms with E-state index in [1.807, 2.05) is 13.8 Å². The number of hydrogen-bond acceptors (Lipinski definition) is 12. The Hall–Kier alpha value is -2.25. The number of aliphatic hydroxyl groups is 2. The summed E-state index contributed by atoms with van der Waals surface area (Å²) in [6, 6.07) is 0. The molecule has 0 aromatic carbocycles. The largest absolute Gasteiger partial charge is 0.395 e. The van der Waals surface area contributed by atoms with Crippen molar-refractivity contribution in [2.24, 2.45) is 5.73 Å².